The van der Waals surface area contributed by atoms with E-state index in [-0.39, 0.29) is 11.8 Å². The van der Waals surface area contributed by atoms with Crippen molar-refractivity contribution in [2.75, 3.05) is 12.0 Å². The quantitative estimate of drug-likeness (QED) is 0.376. The molecule has 0 saturated carbocycles. The maximum absolute atomic E-state index is 10.9. The van der Waals surface area contributed by atoms with Crippen molar-refractivity contribution < 1.29 is 18.6 Å². The molecule has 0 aromatic heterocycles. The summed E-state index contributed by atoms with van der Waals surface area (Å²) in [6.45, 7) is 3.99. The summed E-state index contributed by atoms with van der Waals surface area (Å²) in [4.78, 5) is 4.23. The zero-order valence-corrected chi connectivity index (χ0v) is 10.4. The Bertz CT molecular complexity index is 253. The van der Waals surface area contributed by atoms with E-state index in [0.29, 0.717) is 12.8 Å². The second-order valence-corrected chi connectivity index (χ2v) is 6.10. The summed E-state index contributed by atoms with van der Waals surface area (Å²) in [5.41, 5.74) is 0. The van der Waals surface area contributed by atoms with Gasteiger partial charge in [0.05, 0.1) is 5.75 Å². The molecule has 0 spiro atoms. The van der Waals surface area contributed by atoms with E-state index < -0.39 is 16.1 Å². The topological polar surface area (TPSA) is 75.6 Å². The Hall–Kier alpha value is -0.170. The first-order chi connectivity index (χ1) is 6.89. The molecule has 0 radical (unpaired) electrons. The monoisotopic (exact) mass is 239 g/mol. The van der Waals surface area contributed by atoms with Gasteiger partial charge in [-0.3, -0.25) is 10.6 Å². The molecule has 0 amide bonds. The molecule has 15 heavy (non-hydrogen) atoms. The van der Waals surface area contributed by atoms with Crippen LogP contribution in [0.2, 0.25) is 0 Å². The summed E-state index contributed by atoms with van der Waals surface area (Å²) in [5.74, 6) is 0.120. The van der Waals surface area contributed by atoms with E-state index in [9.17, 15) is 8.42 Å². The Morgan fingerprint density at radius 1 is 1.47 bits per heavy atom. The van der Waals surface area contributed by atoms with Crippen LogP contribution in [0.4, 0.5) is 0 Å². The molecule has 0 rings (SSSR count). The van der Waals surface area contributed by atoms with Crippen LogP contribution in [0.1, 0.15) is 33.1 Å². The third kappa shape index (κ3) is 8.80. The lowest BCUT2D eigenvalue weighted by molar-refractivity contribution is -0.288. The highest BCUT2D eigenvalue weighted by Crippen LogP contribution is 2.03. The average Bonchev–Trinajstić information content (AvgIpc) is 2.14. The highest BCUT2D eigenvalue weighted by atomic mass is 32.2. The number of hydrogen-bond donors (Lipinski definition) is 2. The van der Waals surface area contributed by atoms with Crippen molar-refractivity contribution in [2.45, 2.75) is 45.4 Å². The second kappa shape index (κ2) is 7.16. The Kier molecular flexibility index (Phi) is 7.08. The van der Waals surface area contributed by atoms with Crippen molar-refractivity contribution >= 4 is 9.84 Å². The van der Waals surface area contributed by atoms with Crippen LogP contribution in [0.3, 0.4) is 0 Å². The third-order valence-electron chi connectivity index (χ3n) is 2.19. The molecule has 6 heteroatoms. The van der Waals surface area contributed by atoms with Gasteiger partial charge in [-0.25, -0.2) is 13.3 Å². The molecular weight excluding hydrogens is 218 g/mol. The van der Waals surface area contributed by atoms with Gasteiger partial charge in [-0.15, -0.1) is 0 Å². The summed E-state index contributed by atoms with van der Waals surface area (Å²) < 4.78 is 21.7. The lowest BCUT2D eigenvalue weighted by atomic mass is 10.2. The van der Waals surface area contributed by atoms with Crippen LogP contribution in [0.5, 0.6) is 0 Å². The molecule has 92 valence electrons. The Labute approximate surface area is 91.7 Å². The molecular formula is C9H21NO4S. The maximum atomic E-state index is 10.9. The number of hydrogen-bond acceptors (Lipinski definition) is 5. The fourth-order valence-electron chi connectivity index (χ4n) is 1.13. The fourth-order valence-corrected chi connectivity index (χ4v) is 1.82. The van der Waals surface area contributed by atoms with Crippen LogP contribution in [0, 0.1) is 0 Å². The largest absolute Gasteiger partial charge is 0.287 e. The van der Waals surface area contributed by atoms with Gasteiger partial charge in [-0.05, 0) is 26.2 Å². The Balaban J connectivity index is 3.80. The van der Waals surface area contributed by atoms with Gasteiger partial charge in [0.1, 0.15) is 16.1 Å². The van der Waals surface area contributed by atoms with Gasteiger partial charge in [0.2, 0.25) is 0 Å². The van der Waals surface area contributed by atoms with E-state index in [1.165, 1.54) is 6.26 Å². The first kappa shape index (κ1) is 14.8. The van der Waals surface area contributed by atoms with Crippen LogP contribution in [0.15, 0.2) is 0 Å². The molecule has 2 N–H and O–H groups in total. The van der Waals surface area contributed by atoms with Crippen LogP contribution >= 0.6 is 0 Å². The normalized spacial score (nSPS) is 16.3. The first-order valence-electron chi connectivity index (χ1n) is 5.13. The smallest absolute Gasteiger partial charge is 0.147 e. The summed E-state index contributed by atoms with van der Waals surface area (Å²) in [5, 5.41) is 11.6. The van der Waals surface area contributed by atoms with Gasteiger partial charge in [0, 0.05) is 12.3 Å². The number of nitrogens with one attached hydrogen (secondary N) is 1. The summed E-state index contributed by atoms with van der Waals surface area (Å²) in [6, 6.07) is 0.236. The molecule has 2 unspecified atom stereocenters. The minimum atomic E-state index is -2.93. The van der Waals surface area contributed by atoms with E-state index in [1.807, 2.05) is 13.8 Å². The lowest BCUT2D eigenvalue weighted by Gasteiger charge is -2.19. The molecule has 0 saturated heterocycles. The van der Waals surface area contributed by atoms with Crippen molar-refractivity contribution in [1.29, 1.82) is 0 Å². The van der Waals surface area contributed by atoms with Crippen LogP contribution in [-0.4, -0.2) is 38.0 Å². The summed E-state index contributed by atoms with van der Waals surface area (Å²) in [7, 11) is -2.93. The average molecular weight is 239 g/mol. The van der Waals surface area contributed by atoms with Gasteiger partial charge in [0.15, 0.2) is 0 Å². The van der Waals surface area contributed by atoms with Gasteiger partial charge < -0.3 is 0 Å². The highest BCUT2D eigenvalue weighted by Gasteiger charge is 2.12. The number of rotatable bonds is 8. The van der Waals surface area contributed by atoms with E-state index in [4.69, 9.17) is 5.26 Å². The van der Waals surface area contributed by atoms with Crippen molar-refractivity contribution in [3.63, 3.8) is 0 Å². The van der Waals surface area contributed by atoms with Crippen LogP contribution in [0.25, 0.3) is 0 Å². The van der Waals surface area contributed by atoms with E-state index in [2.05, 4.69) is 10.2 Å². The SMILES string of the molecule is CCC(C)NC(CCCS(C)(=O)=O)OO. The molecule has 0 aliphatic rings. The van der Waals surface area contributed by atoms with E-state index in [0.717, 1.165) is 6.42 Å². The lowest BCUT2D eigenvalue weighted by Crippen LogP contribution is -2.37. The van der Waals surface area contributed by atoms with Crippen LogP contribution < -0.4 is 5.32 Å². The summed E-state index contributed by atoms with van der Waals surface area (Å²) in [6.07, 6.45) is 2.60. The molecule has 0 fully saturated rings. The zero-order chi connectivity index (χ0) is 11.9. The van der Waals surface area contributed by atoms with Crippen molar-refractivity contribution in [2.24, 2.45) is 0 Å². The van der Waals surface area contributed by atoms with Crippen molar-refractivity contribution in [3.05, 3.63) is 0 Å². The molecule has 0 heterocycles. The third-order valence-corrected chi connectivity index (χ3v) is 3.22. The molecule has 0 aromatic rings. The Morgan fingerprint density at radius 2 is 2.07 bits per heavy atom. The molecule has 5 nitrogen and oxygen atoms in total. The maximum Gasteiger partial charge on any atom is 0.147 e. The van der Waals surface area contributed by atoms with Gasteiger partial charge in [-0.2, -0.15) is 0 Å². The highest BCUT2D eigenvalue weighted by molar-refractivity contribution is 7.90. The van der Waals surface area contributed by atoms with Gasteiger partial charge in [0.25, 0.3) is 0 Å². The zero-order valence-electron chi connectivity index (χ0n) is 9.56. The molecule has 0 aliphatic carbocycles. The predicted molar refractivity (Wildman–Crippen MR) is 59.3 cm³/mol. The second-order valence-electron chi connectivity index (χ2n) is 3.84. The van der Waals surface area contributed by atoms with Gasteiger partial charge >= 0.3 is 0 Å². The minimum Gasteiger partial charge on any atom is -0.287 e. The summed E-state index contributed by atoms with van der Waals surface area (Å²) >= 11 is 0. The fraction of sp³-hybridized carbons (Fsp3) is 1.00. The molecule has 2 atom stereocenters. The van der Waals surface area contributed by atoms with Crippen molar-refractivity contribution in [3.8, 4) is 0 Å². The molecule has 0 bridgehead atoms. The molecule has 0 aromatic carbocycles. The van der Waals surface area contributed by atoms with Gasteiger partial charge in [-0.1, -0.05) is 6.92 Å². The Morgan fingerprint density at radius 3 is 2.47 bits per heavy atom. The minimum absolute atomic E-state index is 0.120. The van der Waals surface area contributed by atoms with E-state index in [1.54, 1.807) is 0 Å². The number of sulfone groups is 1. The first-order valence-corrected chi connectivity index (χ1v) is 7.19. The molecule has 0 aliphatic heterocycles. The van der Waals surface area contributed by atoms with Crippen LogP contribution in [-0.2, 0) is 14.7 Å². The predicted octanol–water partition coefficient (Wildman–Crippen LogP) is 1.02. The van der Waals surface area contributed by atoms with E-state index >= 15 is 0 Å². The van der Waals surface area contributed by atoms with Crippen molar-refractivity contribution in [1.82, 2.24) is 5.32 Å². The standard InChI is InChI=1S/C9H21NO4S/c1-4-8(2)10-9(14-11)6-5-7-15(3,12)13/h8-11H,4-7H2,1-3H3.